The van der Waals surface area contributed by atoms with Crippen LogP contribution in [0, 0.1) is 6.92 Å². The lowest BCUT2D eigenvalue weighted by Crippen LogP contribution is -2.29. The molecule has 0 fully saturated rings. The molecule has 0 aliphatic carbocycles. The van der Waals surface area contributed by atoms with E-state index in [1.165, 1.54) is 18.4 Å². The van der Waals surface area contributed by atoms with Crippen molar-refractivity contribution >= 4 is 22.4 Å². The third kappa shape index (κ3) is 2.66. The second-order valence-electron chi connectivity index (χ2n) is 2.75. The summed E-state index contributed by atoms with van der Waals surface area (Å²) in [6.45, 7) is 3.77. The van der Waals surface area contributed by atoms with E-state index in [1.807, 2.05) is 13.8 Å². The molecule has 1 aromatic heterocycles. The Hall–Kier alpha value is -1.17. The summed E-state index contributed by atoms with van der Waals surface area (Å²) in [6.07, 6.45) is 0.658. The Morgan fingerprint density at radius 3 is 2.79 bits per heavy atom. The molecule has 0 aromatic carbocycles. The number of rotatable bonds is 4. The van der Waals surface area contributed by atoms with Gasteiger partial charge in [-0.1, -0.05) is 18.3 Å². The molecule has 1 atom stereocenters. The largest absolute Gasteiger partial charge is 0.467 e. The fourth-order valence-corrected chi connectivity index (χ4v) is 1.62. The van der Waals surface area contributed by atoms with Gasteiger partial charge in [-0.2, -0.15) is 0 Å². The number of aryl methyl sites for hydroxylation is 1. The number of aromatic nitrogens is 2. The number of hydrogen-bond donors (Lipinski definition) is 1. The smallest absolute Gasteiger partial charge is 0.328 e. The Kier molecular flexibility index (Phi) is 3.82. The molecule has 1 aromatic rings. The summed E-state index contributed by atoms with van der Waals surface area (Å²) < 4.78 is 4.64. The van der Waals surface area contributed by atoms with Gasteiger partial charge in [-0.05, 0) is 13.3 Å². The molecule has 1 unspecified atom stereocenters. The van der Waals surface area contributed by atoms with Crippen molar-refractivity contribution in [2.75, 3.05) is 12.4 Å². The van der Waals surface area contributed by atoms with Crippen molar-refractivity contribution in [2.45, 2.75) is 26.3 Å². The van der Waals surface area contributed by atoms with Crippen molar-refractivity contribution in [1.29, 1.82) is 0 Å². The van der Waals surface area contributed by atoms with Crippen LogP contribution in [-0.2, 0) is 9.53 Å². The molecule has 6 heteroatoms. The summed E-state index contributed by atoms with van der Waals surface area (Å²) in [5, 5.41) is 12.2. The Morgan fingerprint density at radius 2 is 2.36 bits per heavy atom. The number of nitrogens with zero attached hydrogens (tertiary/aromatic N) is 2. The number of ether oxygens (including phenoxy) is 1. The number of hydrogen-bond acceptors (Lipinski definition) is 6. The highest BCUT2D eigenvalue weighted by Gasteiger charge is 2.17. The van der Waals surface area contributed by atoms with Crippen LogP contribution < -0.4 is 5.32 Å². The van der Waals surface area contributed by atoms with Gasteiger partial charge >= 0.3 is 5.97 Å². The Morgan fingerprint density at radius 1 is 1.64 bits per heavy atom. The molecular formula is C8H13N3O2S. The van der Waals surface area contributed by atoms with Crippen LogP contribution in [0.25, 0.3) is 0 Å². The fraction of sp³-hybridized carbons (Fsp3) is 0.625. The lowest BCUT2D eigenvalue weighted by molar-refractivity contribution is -0.141. The molecule has 0 saturated heterocycles. The van der Waals surface area contributed by atoms with E-state index in [9.17, 15) is 4.79 Å². The summed E-state index contributed by atoms with van der Waals surface area (Å²) in [5.41, 5.74) is 0. The molecule has 14 heavy (non-hydrogen) atoms. The molecule has 0 aliphatic heterocycles. The van der Waals surface area contributed by atoms with Crippen molar-refractivity contribution < 1.29 is 9.53 Å². The zero-order chi connectivity index (χ0) is 10.6. The third-order valence-corrected chi connectivity index (χ3v) is 2.49. The van der Waals surface area contributed by atoms with E-state index in [0.717, 1.165) is 5.01 Å². The molecule has 0 amide bonds. The first-order valence-corrected chi connectivity index (χ1v) is 5.13. The van der Waals surface area contributed by atoms with Crippen LogP contribution in [0.4, 0.5) is 5.13 Å². The first kappa shape index (κ1) is 10.9. The van der Waals surface area contributed by atoms with E-state index in [4.69, 9.17) is 0 Å². The Bertz CT molecular complexity index is 313. The van der Waals surface area contributed by atoms with Crippen molar-refractivity contribution in [2.24, 2.45) is 0 Å². The van der Waals surface area contributed by atoms with Gasteiger partial charge in [0.15, 0.2) is 0 Å². The second kappa shape index (κ2) is 4.90. The molecule has 0 spiro atoms. The first-order chi connectivity index (χ1) is 6.67. The predicted octanol–water partition coefficient (Wildman–Crippen LogP) is 1.21. The molecule has 1 N–H and O–H groups in total. The minimum absolute atomic E-state index is 0.277. The van der Waals surface area contributed by atoms with Crippen molar-refractivity contribution in [1.82, 2.24) is 10.2 Å². The molecule has 0 bridgehead atoms. The minimum Gasteiger partial charge on any atom is -0.467 e. The molecule has 5 nitrogen and oxygen atoms in total. The highest BCUT2D eigenvalue weighted by atomic mass is 32.1. The number of anilines is 1. The van der Waals surface area contributed by atoms with Gasteiger partial charge < -0.3 is 10.1 Å². The summed E-state index contributed by atoms with van der Waals surface area (Å²) in [6, 6.07) is -0.340. The zero-order valence-corrected chi connectivity index (χ0v) is 9.22. The SMILES string of the molecule is CCC(Nc1nnc(C)s1)C(=O)OC. The summed E-state index contributed by atoms with van der Waals surface area (Å²) in [4.78, 5) is 11.2. The van der Waals surface area contributed by atoms with Gasteiger partial charge in [-0.25, -0.2) is 4.79 Å². The van der Waals surface area contributed by atoms with Gasteiger partial charge in [0.05, 0.1) is 7.11 Å². The maximum Gasteiger partial charge on any atom is 0.328 e. The molecule has 1 heterocycles. The van der Waals surface area contributed by atoms with E-state index >= 15 is 0 Å². The summed E-state index contributed by atoms with van der Waals surface area (Å²) in [5.74, 6) is -0.277. The highest BCUT2D eigenvalue weighted by Crippen LogP contribution is 2.15. The third-order valence-electron chi connectivity index (χ3n) is 1.72. The van der Waals surface area contributed by atoms with Crippen LogP contribution >= 0.6 is 11.3 Å². The standard InChI is InChI=1S/C8H13N3O2S/c1-4-6(7(12)13-3)9-8-11-10-5(2)14-8/h6H,4H2,1-3H3,(H,9,11). The topological polar surface area (TPSA) is 64.1 Å². The van der Waals surface area contributed by atoms with E-state index < -0.39 is 0 Å². The predicted molar refractivity (Wildman–Crippen MR) is 54.4 cm³/mol. The zero-order valence-electron chi connectivity index (χ0n) is 8.40. The molecule has 0 aliphatic rings. The van der Waals surface area contributed by atoms with Gasteiger partial charge in [0, 0.05) is 0 Å². The normalized spacial score (nSPS) is 12.2. The first-order valence-electron chi connectivity index (χ1n) is 4.31. The minimum atomic E-state index is -0.340. The second-order valence-corrected chi connectivity index (χ2v) is 3.94. The number of esters is 1. The molecule has 78 valence electrons. The van der Waals surface area contributed by atoms with Gasteiger partial charge in [-0.3, -0.25) is 0 Å². The Balaban J connectivity index is 2.61. The van der Waals surface area contributed by atoms with Crippen LogP contribution in [0.15, 0.2) is 0 Å². The molecule has 0 radical (unpaired) electrons. The van der Waals surface area contributed by atoms with E-state index in [1.54, 1.807) is 0 Å². The van der Waals surface area contributed by atoms with Crippen LogP contribution in [0.2, 0.25) is 0 Å². The average Bonchev–Trinajstić information content (AvgIpc) is 2.59. The number of methoxy groups -OCH3 is 1. The number of carbonyl (C=O) groups is 1. The monoisotopic (exact) mass is 215 g/mol. The van der Waals surface area contributed by atoms with Crippen LogP contribution in [0.5, 0.6) is 0 Å². The fourth-order valence-electron chi connectivity index (χ4n) is 0.974. The Labute approximate surface area is 86.5 Å². The maximum absolute atomic E-state index is 11.2. The molecule has 0 saturated carbocycles. The maximum atomic E-state index is 11.2. The van der Waals surface area contributed by atoms with E-state index in [0.29, 0.717) is 11.6 Å². The molecule has 1 rings (SSSR count). The lowest BCUT2D eigenvalue weighted by atomic mass is 10.2. The van der Waals surface area contributed by atoms with Gasteiger partial charge in [0.2, 0.25) is 5.13 Å². The van der Waals surface area contributed by atoms with Crippen LogP contribution in [0.3, 0.4) is 0 Å². The summed E-state index contributed by atoms with van der Waals surface area (Å²) >= 11 is 1.42. The van der Waals surface area contributed by atoms with Crippen LogP contribution in [0.1, 0.15) is 18.4 Å². The number of carbonyl (C=O) groups excluding carboxylic acids is 1. The van der Waals surface area contributed by atoms with Gasteiger partial charge in [0.1, 0.15) is 11.0 Å². The quantitative estimate of drug-likeness (QED) is 0.765. The average molecular weight is 215 g/mol. The number of nitrogens with one attached hydrogen (secondary N) is 1. The van der Waals surface area contributed by atoms with E-state index in [-0.39, 0.29) is 12.0 Å². The van der Waals surface area contributed by atoms with Gasteiger partial charge in [-0.15, -0.1) is 10.2 Å². The van der Waals surface area contributed by atoms with Crippen molar-refractivity contribution in [3.63, 3.8) is 0 Å². The van der Waals surface area contributed by atoms with Crippen molar-refractivity contribution in [3.8, 4) is 0 Å². The van der Waals surface area contributed by atoms with E-state index in [2.05, 4.69) is 20.3 Å². The van der Waals surface area contributed by atoms with Crippen LogP contribution in [-0.4, -0.2) is 29.3 Å². The summed E-state index contributed by atoms with van der Waals surface area (Å²) in [7, 11) is 1.37. The lowest BCUT2D eigenvalue weighted by Gasteiger charge is -2.12. The molecular weight excluding hydrogens is 202 g/mol. The van der Waals surface area contributed by atoms with Gasteiger partial charge in [0.25, 0.3) is 0 Å². The van der Waals surface area contributed by atoms with Crippen molar-refractivity contribution in [3.05, 3.63) is 5.01 Å². The highest BCUT2D eigenvalue weighted by molar-refractivity contribution is 7.15.